The first kappa shape index (κ1) is 20.0. The largest absolute Gasteiger partial charge is 0.331 e. The Balaban J connectivity index is 1.46. The summed E-state index contributed by atoms with van der Waals surface area (Å²) in [5.74, 6) is -0.207. The molecule has 0 radical (unpaired) electrons. The van der Waals surface area contributed by atoms with Gasteiger partial charge in [-0.15, -0.1) is 0 Å². The van der Waals surface area contributed by atoms with Gasteiger partial charge < -0.3 is 4.90 Å². The smallest absolute Gasteiger partial charge is 0.241 e. The molecule has 2 aliphatic heterocycles. The molecule has 1 saturated heterocycles. The van der Waals surface area contributed by atoms with Crippen molar-refractivity contribution in [3.63, 3.8) is 0 Å². The Labute approximate surface area is 171 Å². The maximum absolute atomic E-state index is 12.9. The van der Waals surface area contributed by atoms with E-state index in [-0.39, 0.29) is 34.8 Å². The molecule has 2 unspecified atom stereocenters. The minimum absolute atomic E-state index is 0.0563. The van der Waals surface area contributed by atoms with Crippen LogP contribution in [0.5, 0.6) is 0 Å². The second-order valence-corrected chi connectivity index (χ2v) is 10.5. The Morgan fingerprint density at radius 3 is 2.62 bits per heavy atom. The Morgan fingerprint density at radius 2 is 1.93 bits per heavy atom. The quantitative estimate of drug-likeness (QED) is 0.829. The van der Waals surface area contributed by atoms with Gasteiger partial charge in [0, 0.05) is 24.2 Å². The van der Waals surface area contributed by atoms with Gasteiger partial charge in [-0.2, -0.15) is 0 Å². The van der Waals surface area contributed by atoms with Crippen molar-refractivity contribution in [2.75, 3.05) is 6.54 Å². The average Bonchev–Trinajstić information content (AvgIpc) is 3.00. The van der Waals surface area contributed by atoms with Crippen molar-refractivity contribution in [1.29, 1.82) is 0 Å². The maximum Gasteiger partial charge on any atom is 0.241 e. The topological polar surface area (TPSA) is 92.3 Å². The Morgan fingerprint density at radius 1 is 1.21 bits per heavy atom. The molecule has 154 valence electrons. The van der Waals surface area contributed by atoms with Gasteiger partial charge in [-0.1, -0.05) is 32.9 Å². The van der Waals surface area contributed by atoms with Crippen molar-refractivity contribution in [2.24, 2.45) is 0 Å². The highest BCUT2D eigenvalue weighted by molar-refractivity contribution is 7.89. The van der Waals surface area contributed by atoms with E-state index >= 15 is 0 Å². The summed E-state index contributed by atoms with van der Waals surface area (Å²) >= 11 is 0. The fraction of sp³-hybridized carbons (Fsp3) is 0.476. The monoisotopic (exact) mass is 414 g/mol. The summed E-state index contributed by atoms with van der Waals surface area (Å²) in [6.07, 6.45) is 5.76. The second-order valence-electron chi connectivity index (χ2n) is 8.78. The van der Waals surface area contributed by atoms with Gasteiger partial charge >= 0.3 is 0 Å². The van der Waals surface area contributed by atoms with Crippen LogP contribution >= 0.6 is 0 Å². The molecule has 0 spiro atoms. The zero-order valence-corrected chi connectivity index (χ0v) is 17.7. The predicted octanol–water partition coefficient (Wildman–Crippen LogP) is 2.34. The maximum atomic E-state index is 12.9. The van der Waals surface area contributed by atoms with Crippen molar-refractivity contribution in [3.05, 3.63) is 53.6 Å². The lowest BCUT2D eigenvalue weighted by Crippen LogP contribution is -2.46. The van der Waals surface area contributed by atoms with Gasteiger partial charge in [0.1, 0.15) is 6.33 Å². The zero-order valence-electron chi connectivity index (χ0n) is 16.9. The number of hydrogen-bond donors (Lipinski definition) is 1. The van der Waals surface area contributed by atoms with Crippen LogP contribution < -0.4 is 4.72 Å². The minimum Gasteiger partial charge on any atom is -0.331 e. The number of carbonyl (C=O) groups excluding carboxylic acids is 1. The van der Waals surface area contributed by atoms with Crippen molar-refractivity contribution in [1.82, 2.24) is 19.6 Å². The van der Waals surface area contributed by atoms with Gasteiger partial charge in [0.25, 0.3) is 0 Å². The molecular formula is C21H26N4O3S. The molecule has 29 heavy (non-hydrogen) atoms. The van der Waals surface area contributed by atoms with Crippen molar-refractivity contribution in [2.45, 2.75) is 62.4 Å². The molecule has 1 aromatic carbocycles. The van der Waals surface area contributed by atoms with E-state index in [0.29, 0.717) is 6.42 Å². The number of fused-ring (bicyclic) bond motifs is 4. The van der Waals surface area contributed by atoms with Gasteiger partial charge in [0.05, 0.1) is 23.2 Å². The van der Waals surface area contributed by atoms with Crippen LogP contribution in [0, 0.1) is 0 Å². The summed E-state index contributed by atoms with van der Waals surface area (Å²) in [4.78, 5) is 23.3. The molecule has 2 atom stereocenters. The molecule has 2 aliphatic rings. The standard InChI is InChI=1S/C21H26N4O3S/c1-21(2,3)14-4-7-16(8-5-14)29(27,28)24-12-20(26)25-15-6-9-19(25)17-11-22-13-23-18(17)10-15/h4-5,7-8,11,13,15,19,24H,6,9-10,12H2,1-3H3. The van der Waals surface area contributed by atoms with E-state index in [0.717, 1.165) is 29.7 Å². The van der Waals surface area contributed by atoms with Crippen molar-refractivity contribution in [3.8, 4) is 0 Å². The first-order chi connectivity index (χ1) is 13.7. The highest BCUT2D eigenvalue weighted by Crippen LogP contribution is 2.42. The number of aromatic nitrogens is 2. The van der Waals surface area contributed by atoms with Crippen molar-refractivity contribution < 1.29 is 13.2 Å². The normalized spacial score (nSPS) is 21.1. The summed E-state index contributed by atoms with van der Waals surface area (Å²) in [6.45, 7) is 5.97. The van der Waals surface area contributed by atoms with Crippen LogP contribution in [0.4, 0.5) is 0 Å². The van der Waals surface area contributed by atoms with E-state index in [9.17, 15) is 13.2 Å². The van der Waals surface area contributed by atoms with E-state index in [1.165, 1.54) is 6.33 Å². The van der Waals surface area contributed by atoms with Crippen LogP contribution in [0.15, 0.2) is 41.7 Å². The van der Waals surface area contributed by atoms with Gasteiger partial charge in [-0.05, 0) is 36.0 Å². The fourth-order valence-electron chi connectivity index (χ4n) is 4.27. The first-order valence-corrected chi connectivity index (χ1v) is 11.4. The van der Waals surface area contributed by atoms with Crippen LogP contribution in [-0.2, 0) is 26.7 Å². The molecule has 2 aromatic rings. The third-order valence-corrected chi connectivity index (χ3v) is 7.27. The summed E-state index contributed by atoms with van der Waals surface area (Å²) in [6, 6.07) is 6.83. The van der Waals surface area contributed by atoms with Gasteiger partial charge in [-0.25, -0.2) is 23.1 Å². The lowest BCUT2D eigenvalue weighted by atomic mass is 9.87. The molecule has 4 rings (SSSR count). The van der Waals surface area contributed by atoms with Crippen LogP contribution in [0.3, 0.4) is 0 Å². The third-order valence-electron chi connectivity index (χ3n) is 5.85. The number of amides is 1. The minimum atomic E-state index is -3.75. The van der Waals surface area contributed by atoms with E-state index in [2.05, 4.69) is 35.5 Å². The van der Waals surface area contributed by atoms with Gasteiger partial charge in [0.15, 0.2) is 0 Å². The molecule has 0 saturated carbocycles. The van der Waals surface area contributed by atoms with E-state index < -0.39 is 10.0 Å². The average molecular weight is 415 g/mol. The number of nitrogens with one attached hydrogen (secondary N) is 1. The molecule has 1 aromatic heterocycles. The molecule has 3 heterocycles. The Kier molecular flexibility index (Phi) is 4.94. The molecule has 1 amide bonds. The number of nitrogens with zero attached hydrogens (tertiary/aromatic N) is 3. The number of carbonyl (C=O) groups is 1. The molecule has 8 heteroatoms. The summed E-state index contributed by atoms with van der Waals surface area (Å²) in [5.41, 5.74) is 2.98. The van der Waals surface area contributed by atoms with Crippen LogP contribution in [0.2, 0.25) is 0 Å². The molecule has 2 bridgehead atoms. The summed E-state index contributed by atoms with van der Waals surface area (Å²) in [7, 11) is -3.75. The van der Waals surface area contributed by atoms with E-state index in [4.69, 9.17) is 0 Å². The number of hydrogen-bond acceptors (Lipinski definition) is 5. The zero-order chi connectivity index (χ0) is 20.8. The van der Waals surface area contributed by atoms with E-state index in [1.54, 1.807) is 18.3 Å². The molecule has 0 aliphatic carbocycles. The Bertz CT molecular complexity index is 1030. The van der Waals surface area contributed by atoms with Crippen LogP contribution in [-0.4, -0.2) is 41.8 Å². The van der Waals surface area contributed by atoms with Gasteiger partial charge in [0.2, 0.25) is 15.9 Å². The van der Waals surface area contributed by atoms with Crippen LogP contribution in [0.1, 0.15) is 56.5 Å². The molecule has 7 nitrogen and oxygen atoms in total. The van der Waals surface area contributed by atoms with E-state index in [1.807, 2.05) is 17.0 Å². The number of rotatable bonds is 4. The summed E-state index contributed by atoms with van der Waals surface area (Å²) in [5, 5.41) is 0. The SMILES string of the molecule is CC(C)(C)c1ccc(S(=O)(=O)NCC(=O)N2C3CCC2c2cncnc2C3)cc1. The lowest BCUT2D eigenvalue weighted by Gasteiger charge is -2.35. The summed E-state index contributed by atoms with van der Waals surface area (Å²) < 4.78 is 27.8. The molecular weight excluding hydrogens is 388 g/mol. The first-order valence-electron chi connectivity index (χ1n) is 9.87. The third kappa shape index (κ3) is 3.79. The van der Waals surface area contributed by atoms with Gasteiger partial charge in [-0.3, -0.25) is 4.79 Å². The lowest BCUT2D eigenvalue weighted by molar-refractivity contribution is -0.133. The number of benzene rings is 1. The Hall–Kier alpha value is -2.32. The number of sulfonamides is 1. The highest BCUT2D eigenvalue weighted by atomic mass is 32.2. The highest BCUT2D eigenvalue weighted by Gasteiger charge is 2.43. The van der Waals surface area contributed by atoms with Crippen LogP contribution in [0.25, 0.3) is 0 Å². The second kappa shape index (κ2) is 7.18. The van der Waals surface area contributed by atoms with Crippen molar-refractivity contribution >= 4 is 15.9 Å². The predicted molar refractivity (Wildman–Crippen MR) is 109 cm³/mol. The molecule has 1 fully saturated rings. The fourth-order valence-corrected chi connectivity index (χ4v) is 5.24. The molecule has 1 N–H and O–H groups in total.